The molecule has 4 heteroatoms. The number of aromatic nitrogens is 2. The van der Waals surface area contributed by atoms with Crippen LogP contribution in [0.5, 0.6) is 0 Å². The molecule has 88 valence electrons. The maximum absolute atomic E-state index is 11.0. The van der Waals surface area contributed by atoms with E-state index in [1.54, 1.807) is 0 Å². The minimum absolute atomic E-state index is 0.256. The van der Waals surface area contributed by atoms with Crippen molar-refractivity contribution in [1.29, 1.82) is 0 Å². The summed E-state index contributed by atoms with van der Waals surface area (Å²) in [7, 11) is 0. The summed E-state index contributed by atoms with van der Waals surface area (Å²) in [6.07, 6.45) is 4.73. The van der Waals surface area contributed by atoms with E-state index in [0.717, 1.165) is 25.8 Å². The molecule has 0 amide bonds. The third-order valence-electron chi connectivity index (χ3n) is 3.67. The zero-order chi connectivity index (χ0) is 11.7. The maximum atomic E-state index is 11.0. The highest BCUT2D eigenvalue weighted by Gasteiger charge is 2.29. The SMILES string of the molecule is CCn1ncc2c1CC(C(C)C(=O)O)CC2. The number of aliphatic carboxylic acids is 1. The average Bonchev–Trinajstić information content (AvgIpc) is 2.69. The second-order valence-corrected chi connectivity index (χ2v) is 4.56. The minimum atomic E-state index is -0.684. The molecule has 1 aliphatic rings. The molecule has 0 radical (unpaired) electrons. The van der Waals surface area contributed by atoms with Crippen molar-refractivity contribution in [3.63, 3.8) is 0 Å². The highest BCUT2D eigenvalue weighted by atomic mass is 16.4. The summed E-state index contributed by atoms with van der Waals surface area (Å²) in [6.45, 7) is 4.74. The van der Waals surface area contributed by atoms with Crippen molar-refractivity contribution in [3.8, 4) is 0 Å². The first-order valence-electron chi connectivity index (χ1n) is 5.89. The van der Waals surface area contributed by atoms with Gasteiger partial charge in [-0.1, -0.05) is 6.92 Å². The van der Waals surface area contributed by atoms with Gasteiger partial charge in [-0.15, -0.1) is 0 Å². The largest absolute Gasteiger partial charge is 0.481 e. The van der Waals surface area contributed by atoms with Crippen LogP contribution in [0.1, 0.15) is 31.5 Å². The molecule has 0 fully saturated rings. The number of rotatable bonds is 3. The Kier molecular flexibility index (Phi) is 2.99. The van der Waals surface area contributed by atoms with Crippen LogP contribution in [-0.2, 0) is 24.2 Å². The van der Waals surface area contributed by atoms with Gasteiger partial charge in [-0.2, -0.15) is 5.10 Å². The summed E-state index contributed by atoms with van der Waals surface area (Å²) in [4.78, 5) is 11.0. The molecule has 0 aliphatic heterocycles. The predicted octanol–water partition coefficient (Wildman–Crippen LogP) is 1.73. The lowest BCUT2D eigenvalue weighted by Gasteiger charge is -2.26. The van der Waals surface area contributed by atoms with Crippen molar-refractivity contribution in [3.05, 3.63) is 17.5 Å². The van der Waals surface area contributed by atoms with Crippen LogP contribution in [-0.4, -0.2) is 20.9 Å². The maximum Gasteiger partial charge on any atom is 0.306 e. The molecule has 0 bridgehead atoms. The molecule has 2 rings (SSSR count). The Bertz CT molecular complexity index is 384. The van der Waals surface area contributed by atoms with Gasteiger partial charge >= 0.3 is 5.97 Å². The molecule has 1 aromatic rings. The first-order valence-corrected chi connectivity index (χ1v) is 5.89. The first kappa shape index (κ1) is 11.2. The summed E-state index contributed by atoms with van der Waals surface area (Å²) in [5, 5.41) is 13.4. The van der Waals surface area contributed by atoms with E-state index in [0.29, 0.717) is 0 Å². The van der Waals surface area contributed by atoms with E-state index in [1.807, 2.05) is 17.8 Å². The highest BCUT2D eigenvalue weighted by Crippen LogP contribution is 2.30. The number of aryl methyl sites for hydroxylation is 2. The molecule has 4 nitrogen and oxygen atoms in total. The van der Waals surface area contributed by atoms with Crippen molar-refractivity contribution in [2.75, 3.05) is 0 Å². The lowest BCUT2D eigenvalue weighted by molar-refractivity contribution is -0.143. The summed E-state index contributed by atoms with van der Waals surface area (Å²) in [5.74, 6) is -0.684. The lowest BCUT2D eigenvalue weighted by atomic mass is 9.80. The van der Waals surface area contributed by atoms with Gasteiger partial charge in [-0.25, -0.2) is 0 Å². The number of hydrogen-bond acceptors (Lipinski definition) is 2. The first-order chi connectivity index (χ1) is 7.63. The minimum Gasteiger partial charge on any atom is -0.481 e. The van der Waals surface area contributed by atoms with Gasteiger partial charge in [-0.3, -0.25) is 9.48 Å². The van der Waals surface area contributed by atoms with E-state index in [2.05, 4.69) is 12.0 Å². The number of fused-ring (bicyclic) bond motifs is 1. The fraction of sp³-hybridized carbons (Fsp3) is 0.667. The molecule has 16 heavy (non-hydrogen) atoms. The van der Waals surface area contributed by atoms with Gasteiger partial charge < -0.3 is 5.11 Å². The highest BCUT2D eigenvalue weighted by molar-refractivity contribution is 5.70. The second-order valence-electron chi connectivity index (χ2n) is 4.56. The third kappa shape index (κ3) is 1.84. The summed E-state index contributed by atoms with van der Waals surface area (Å²) in [5.41, 5.74) is 2.54. The lowest BCUT2D eigenvalue weighted by Crippen LogP contribution is -2.27. The van der Waals surface area contributed by atoms with Crippen LogP contribution in [0.15, 0.2) is 6.20 Å². The van der Waals surface area contributed by atoms with Crippen LogP contribution >= 0.6 is 0 Å². The average molecular weight is 222 g/mol. The summed E-state index contributed by atoms with van der Waals surface area (Å²) < 4.78 is 2.00. The molecule has 0 saturated heterocycles. The number of carboxylic acids is 1. The summed E-state index contributed by atoms with van der Waals surface area (Å²) >= 11 is 0. The predicted molar refractivity (Wildman–Crippen MR) is 60.2 cm³/mol. The quantitative estimate of drug-likeness (QED) is 0.847. The Morgan fingerprint density at radius 1 is 1.75 bits per heavy atom. The molecular weight excluding hydrogens is 204 g/mol. The van der Waals surface area contributed by atoms with Crippen LogP contribution in [0.4, 0.5) is 0 Å². The van der Waals surface area contributed by atoms with Crippen LogP contribution in [0, 0.1) is 11.8 Å². The fourth-order valence-electron chi connectivity index (χ4n) is 2.49. The van der Waals surface area contributed by atoms with Gasteiger partial charge in [0.25, 0.3) is 0 Å². The standard InChI is InChI=1S/C12H18N2O2/c1-3-14-11-6-9(8(2)12(15)16)4-5-10(11)7-13-14/h7-9H,3-6H2,1-2H3,(H,15,16). The van der Waals surface area contributed by atoms with Gasteiger partial charge in [0, 0.05) is 12.2 Å². The van der Waals surface area contributed by atoms with Gasteiger partial charge in [-0.05, 0) is 37.7 Å². The van der Waals surface area contributed by atoms with E-state index in [1.165, 1.54) is 11.3 Å². The fourth-order valence-corrected chi connectivity index (χ4v) is 2.49. The Morgan fingerprint density at radius 3 is 3.12 bits per heavy atom. The van der Waals surface area contributed by atoms with Crippen LogP contribution in [0.2, 0.25) is 0 Å². The number of carbonyl (C=O) groups is 1. The summed E-state index contributed by atoms with van der Waals surface area (Å²) in [6, 6.07) is 0. The Morgan fingerprint density at radius 2 is 2.50 bits per heavy atom. The molecule has 1 heterocycles. The van der Waals surface area contributed by atoms with Gasteiger partial charge in [0.15, 0.2) is 0 Å². The number of carboxylic acid groups (broad SMARTS) is 1. The third-order valence-corrected chi connectivity index (χ3v) is 3.67. The Balaban J connectivity index is 2.19. The van der Waals surface area contributed by atoms with Gasteiger partial charge in [0.2, 0.25) is 0 Å². The van der Waals surface area contributed by atoms with E-state index < -0.39 is 5.97 Å². The number of nitrogens with zero attached hydrogens (tertiary/aromatic N) is 2. The molecule has 1 aromatic heterocycles. The van der Waals surface area contributed by atoms with E-state index in [9.17, 15) is 4.79 Å². The molecule has 1 aliphatic carbocycles. The zero-order valence-corrected chi connectivity index (χ0v) is 9.81. The van der Waals surface area contributed by atoms with Crippen LogP contribution in [0.3, 0.4) is 0 Å². The monoisotopic (exact) mass is 222 g/mol. The smallest absolute Gasteiger partial charge is 0.306 e. The van der Waals surface area contributed by atoms with E-state index in [-0.39, 0.29) is 11.8 Å². The Labute approximate surface area is 95.3 Å². The van der Waals surface area contributed by atoms with Crippen molar-refractivity contribution < 1.29 is 9.90 Å². The second kappa shape index (κ2) is 4.28. The van der Waals surface area contributed by atoms with Crippen LogP contribution < -0.4 is 0 Å². The van der Waals surface area contributed by atoms with Gasteiger partial charge in [0.05, 0.1) is 12.1 Å². The van der Waals surface area contributed by atoms with Gasteiger partial charge in [0.1, 0.15) is 0 Å². The van der Waals surface area contributed by atoms with Crippen molar-refractivity contribution in [2.45, 2.75) is 39.7 Å². The van der Waals surface area contributed by atoms with Crippen molar-refractivity contribution in [2.24, 2.45) is 11.8 Å². The normalized spacial score (nSPS) is 21.5. The van der Waals surface area contributed by atoms with E-state index >= 15 is 0 Å². The Hall–Kier alpha value is -1.32. The number of hydrogen-bond donors (Lipinski definition) is 1. The molecular formula is C12H18N2O2. The van der Waals surface area contributed by atoms with Crippen molar-refractivity contribution >= 4 is 5.97 Å². The molecule has 2 unspecified atom stereocenters. The topological polar surface area (TPSA) is 55.1 Å². The molecule has 0 saturated carbocycles. The van der Waals surface area contributed by atoms with Crippen LogP contribution in [0.25, 0.3) is 0 Å². The molecule has 1 N–H and O–H groups in total. The van der Waals surface area contributed by atoms with E-state index in [4.69, 9.17) is 5.11 Å². The zero-order valence-electron chi connectivity index (χ0n) is 9.81. The molecule has 2 atom stereocenters. The molecule has 0 spiro atoms. The molecule has 0 aromatic carbocycles. The van der Waals surface area contributed by atoms with Crippen molar-refractivity contribution in [1.82, 2.24) is 9.78 Å².